The molecule has 1 heterocycles. The first kappa shape index (κ1) is 10.2. The second kappa shape index (κ2) is 4.98. The first-order valence-corrected chi connectivity index (χ1v) is 6.98. The quantitative estimate of drug-likeness (QED) is 0.761. The molecule has 0 amide bonds. The Morgan fingerprint density at radius 2 is 2.43 bits per heavy atom. The molecule has 0 aromatic carbocycles. The first-order chi connectivity index (χ1) is 6.88. The molecule has 0 unspecified atom stereocenters. The van der Waals surface area contributed by atoms with E-state index in [1.54, 1.807) is 0 Å². The van der Waals surface area contributed by atoms with Gasteiger partial charge in [-0.15, -0.1) is 0 Å². The van der Waals surface area contributed by atoms with Gasteiger partial charge in [-0.05, 0) is 25.0 Å². The van der Waals surface area contributed by atoms with E-state index in [9.17, 15) is 0 Å². The van der Waals surface area contributed by atoms with Gasteiger partial charge in [0.05, 0.1) is 5.75 Å². The molecule has 2 rings (SSSR count). The predicted molar refractivity (Wildman–Crippen MR) is 63.0 cm³/mol. The second-order valence-electron chi connectivity index (χ2n) is 3.49. The van der Waals surface area contributed by atoms with Crippen molar-refractivity contribution in [2.24, 2.45) is 0 Å². The average Bonchev–Trinajstić information content (AvgIpc) is 2.87. The Kier molecular flexibility index (Phi) is 3.64. The molecule has 0 aliphatic heterocycles. The van der Waals surface area contributed by atoms with Gasteiger partial charge in [0.25, 0.3) is 0 Å². The number of nitrogens with one attached hydrogen (secondary N) is 1. The lowest BCUT2D eigenvalue weighted by Gasteiger charge is -1.95. The maximum absolute atomic E-state index is 4.44. The van der Waals surface area contributed by atoms with Crippen molar-refractivity contribution in [2.75, 3.05) is 11.1 Å². The van der Waals surface area contributed by atoms with Crippen LogP contribution in [0.2, 0.25) is 0 Å². The lowest BCUT2D eigenvalue weighted by atomic mass is 10.6. The zero-order valence-corrected chi connectivity index (χ0v) is 9.96. The Morgan fingerprint density at radius 3 is 3.14 bits per heavy atom. The van der Waals surface area contributed by atoms with Crippen LogP contribution in [-0.4, -0.2) is 21.2 Å². The molecule has 14 heavy (non-hydrogen) atoms. The van der Waals surface area contributed by atoms with Gasteiger partial charge in [0.15, 0.2) is 5.82 Å². The van der Waals surface area contributed by atoms with E-state index >= 15 is 0 Å². The average molecular weight is 229 g/mol. The molecule has 0 radical (unpaired) electrons. The molecule has 3 nitrogen and oxygen atoms in total. The van der Waals surface area contributed by atoms with Gasteiger partial charge >= 0.3 is 0 Å². The third-order valence-electron chi connectivity index (χ3n) is 1.95. The fraction of sp³-hybridized carbons (Fsp3) is 0.778. The molecule has 0 atom stereocenters. The SMILES string of the molecule is CCCSCc1nsc(NC2CC2)n1. The monoisotopic (exact) mass is 229 g/mol. The van der Waals surface area contributed by atoms with Crippen LogP contribution < -0.4 is 5.32 Å². The van der Waals surface area contributed by atoms with Crippen molar-refractivity contribution < 1.29 is 0 Å². The number of aromatic nitrogens is 2. The summed E-state index contributed by atoms with van der Waals surface area (Å²) < 4.78 is 4.32. The molecule has 1 aliphatic carbocycles. The Hall–Kier alpha value is -0.290. The highest BCUT2D eigenvalue weighted by molar-refractivity contribution is 7.98. The van der Waals surface area contributed by atoms with Gasteiger partial charge in [-0.2, -0.15) is 16.1 Å². The molecule has 0 bridgehead atoms. The number of nitrogens with zero attached hydrogens (tertiary/aromatic N) is 2. The van der Waals surface area contributed by atoms with E-state index < -0.39 is 0 Å². The Morgan fingerprint density at radius 1 is 1.57 bits per heavy atom. The van der Waals surface area contributed by atoms with E-state index in [4.69, 9.17) is 0 Å². The van der Waals surface area contributed by atoms with Crippen LogP contribution in [0, 0.1) is 0 Å². The van der Waals surface area contributed by atoms with Crippen LogP contribution in [-0.2, 0) is 5.75 Å². The van der Waals surface area contributed by atoms with E-state index in [1.165, 1.54) is 36.5 Å². The topological polar surface area (TPSA) is 37.8 Å². The zero-order chi connectivity index (χ0) is 9.80. The van der Waals surface area contributed by atoms with Gasteiger partial charge in [-0.3, -0.25) is 0 Å². The lowest BCUT2D eigenvalue weighted by Crippen LogP contribution is -1.99. The third-order valence-corrected chi connectivity index (χ3v) is 3.80. The van der Waals surface area contributed by atoms with Crippen molar-refractivity contribution in [2.45, 2.75) is 38.0 Å². The van der Waals surface area contributed by atoms with Crippen LogP contribution in [0.3, 0.4) is 0 Å². The minimum atomic E-state index is 0.680. The zero-order valence-electron chi connectivity index (χ0n) is 8.32. The standard InChI is InChI=1S/C9H15N3S2/c1-2-5-13-6-8-11-9(14-12-8)10-7-3-4-7/h7H,2-6H2,1H3,(H,10,11,12). The largest absolute Gasteiger partial charge is 0.358 e. The Labute approximate surface area is 92.9 Å². The summed E-state index contributed by atoms with van der Waals surface area (Å²) in [6.07, 6.45) is 3.81. The predicted octanol–water partition coefficient (Wildman–Crippen LogP) is 2.76. The number of rotatable bonds is 6. The molecule has 1 fully saturated rings. The van der Waals surface area contributed by atoms with Crippen LogP contribution in [0.15, 0.2) is 0 Å². The molecule has 1 aliphatic rings. The van der Waals surface area contributed by atoms with Crippen LogP contribution >= 0.6 is 23.3 Å². The van der Waals surface area contributed by atoms with Gasteiger partial charge in [0, 0.05) is 17.6 Å². The minimum absolute atomic E-state index is 0.680. The molecule has 1 aromatic heterocycles. The van der Waals surface area contributed by atoms with Gasteiger partial charge in [0.1, 0.15) is 0 Å². The van der Waals surface area contributed by atoms with Gasteiger partial charge in [0.2, 0.25) is 5.13 Å². The fourth-order valence-corrected chi connectivity index (χ4v) is 2.57. The fourth-order valence-electron chi connectivity index (χ4n) is 1.08. The molecular weight excluding hydrogens is 214 g/mol. The molecular formula is C9H15N3S2. The molecule has 1 aromatic rings. The summed E-state index contributed by atoms with van der Waals surface area (Å²) in [5, 5.41) is 4.36. The Balaban J connectivity index is 1.76. The first-order valence-electron chi connectivity index (χ1n) is 5.05. The van der Waals surface area contributed by atoms with Crippen molar-refractivity contribution in [3.63, 3.8) is 0 Å². The molecule has 5 heteroatoms. The number of thioether (sulfide) groups is 1. The summed E-state index contributed by atoms with van der Waals surface area (Å²) in [5.74, 6) is 3.14. The van der Waals surface area contributed by atoms with Crippen LogP contribution in [0.1, 0.15) is 32.0 Å². The van der Waals surface area contributed by atoms with Crippen molar-refractivity contribution in [1.82, 2.24) is 9.36 Å². The highest BCUT2D eigenvalue weighted by Gasteiger charge is 2.22. The van der Waals surface area contributed by atoms with Crippen LogP contribution in [0.4, 0.5) is 5.13 Å². The maximum atomic E-state index is 4.44. The van der Waals surface area contributed by atoms with E-state index in [-0.39, 0.29) is 0 Å². The van der Waals surface area contributed by atoms with Crippen molar-refractivity contribution in [3.8, 4) is 0 Å². The van der Waals surface area contributed by atoms with Crippen molar-refractivity contribution >= 4 is 28.4 Å². The van der Waals surface area contributed by atoms with Crippen molar-refractivity contribution in [3.05, 3.63) is 5.82 Å². The van der Waals surface area contributed by atoms with Gasteiger partial charge < -0.3 is 5.32 Å². The van der Waals surface area contributed by atoms with Gasteiger partial charge in [-0.25, -0.2) is 4.98 Å². The number of hydrogen-bond acceptors (Lipinski definition) is 5. The molecule has 0 spiro atoms. The summed E-state index contributed by atoms with van der Waals surface area (Å²) in [5.41, 5.74) is 0. The smallest absolute Gasteiger partial charge is 0.202 e. The second-order valence-corrected chi connectivity index (χ2v) is 5.34. The highest BCUT2D eigenvalue weighted by atomic mass is 32.2. The number of hydrogen-bond donors (Lipinski definition) is 1. The van der Waals surface area contributed by atoms with Crippen molar-refractivity contribution in [1.29, 1.82) is 0 Å². The summed E-state index contributed by atoms with van der Waals surface area (Å²) >= 11 is 3.40. The number of anilines is 1. The highest BCUT2D eigenvalue weighted by Crippen LogP contribution is 2.26. The summed E-state index contributed by atoms with van der Waals surface area (Å²) in [7, 11) is 0. The molecule has 0 saturated heterocycles. The Bertz CT molecular complexity index is 283. The van der Waals surface area contributed by atoms with Crippen LogP contribution in [0.5, 0.6) is 0 Å². The molecule has 1 saturated carbocycles. The van der Waals surface area contributed by atoms with Gasteiger partial charge in [-0.1, -0.05) is 6.92 Å². The minimum Gasteiger partial charge on any atom is -0.358 e. The van der Waals surface area contributed by atoms with E-state index in [0.717, 1.165) is 16.7 Å². The van der Waals surface area contributed by atoms with E-state index in [0.29, 0.717) is 6.04 Å². The maximum Gasteiger partial charge on any atom is 0.202 e. The summed E-state index contributed by atoms with van der Waals surface area (Å²) in [4.78, 5) is 4.44. The van der Waals surface area contributed by atoms with E-state index in [1.807, 2.05) is 11.8 Å². The van der Waals surface area contributed by atoms with Crippen LogP contribution in [0.25, 0.3) is 0 Å². The summed E-state index contributed by atoms with van der Waals surface area (Å²) in [6.45, 7) is 2.20. The lowest BCUT2D eigenvalue weighted by molar-refractivity contribution is 1.08. The third kappa shape index (κ3) is 3.13. The van der Waals surface area contributed by atoms with E-state index in [2.05, 4.69) is 21.6 Å². The summed E-state index contributed by atoms with van der Waals surface area (Å²) in [6, 6.07) is 0.680. The molecule has 78 valence electrons. The molecule has 1 N–H and O–H groups in total. The normalized spacial score (nSPS) is 15.8.